The van der Waals surface area contributed by atoms with Crippen LogP contribution in [0.25, 0.3) is 0 Å². The molecule has 110 valence electrons. The molecule has 1 aliphatic rings. The number of hydrogen-bond acceptors (Lipinski definition) is 3. The molecule has 0 radical (unpaired) electrons. The Kier molecular flexibility index (Phi) is 5.86. The smallest absolute Gasteiger partial charge is 0.338 e. The van der Waals surface area contributed by atoms with Crippen LogP contribution in [0, 0.1) is 0 Å². The van der Waals surface area contributed by atoms with Gasteiger partial charge in [0.1, 0.15) is 0 Å². The van der Waals surface area contributed by atoms with Crippen molar-refractivity contribution in [1.82, 2.24) is 4.90 Å². The molecular formula is C16H22ClNO2. The van der Waals surface area contributed by atoms with Gasteiger partial charge in [0.05, 0.1) is 12.2 Å². The number of piperidine rings is 1. The first-order valence-electron chi connectivity index (χ1n) is 7.33. The molecule has 0 spiro atoms. The summed E-state index contributed by atoms with van der Waals surface area (Å²) in [5, 5.41) is 0.626. The Hall–Kier alpha value is -1.06. The first-order chi connectivity index (χ1) is 9.66. The van der Waals surface area contributed by atoms with Gasteiger partial charge in [-0.1, -0.05) is 18.0 Å². The molecule has 1 aromatic carbocycles. The van der Waals surface area contributed by atoms with E-state index in [9.17, 15) is 4.79 Å². The van der Waals surface area contributed by atoms with Crippen molar-refractivity contribution in [3.8, 4) is 0 Å². The fraction of sp³-hybridized carbons (Fsp3) is 0.562. The van der Waals surface area contributed by atoms with Gasteiger partial charge in [-0.3, -0.25) is 0 Å². The summed E-state index contributed by atoms with van der Waals surface area (Å²) in [5.74, 6) is -0.270. The van der Waals surface area contributed by atoms with Gasteiger partial charge in [-0.25, -0.2) is 4.79 Å². The molecule has 0 bridgehead atoms. The Morgan fingerprint density at radius 3 is 2.80 bits per heavy atom. The third kappa shape index (κ3) is 4.50. The molecule has 2 rings (SSSR count). The van der Waals surface area contributed by atoms with Gasteiger partial charge in [-0.2, -0.15) is 0 Å². The Morgan fingerprint density at radius 1 is 1.35 bits per heavy atom. The van der Waals surface area contributed by atoms with E-state index in [0.717, 1.165) is 13.0 Å². The molecular weight excluding hydrogens is 274 g/mol. The molecule has 1 atom stereocenters. The molecule has 3 nitrogen and oxygen atoms in total. The lowest BCUT2D eigenvalue weighted by Crippen LogP contribution is -2.38. The fourth-order valence-electron chi connectivity index (χ4n) is 2.59. The number of carbonyl (C=O) groups excluding carboxylic acids is 1. The van der Waals surface area contributed by atoms with E-state index in [4.69, 9.17) is 16.3 Å². The molecule has 1 aliphatic heterocycles. The standard InChI is InChI=1S/C16H22ClNO2/c1-13-5-2-3-10-18(13)11-4-12-20-16(19)14-6-8-15(17)9-7-14/h6-9,13H,2-5,10-12H2,1H3. The van der Waals surface area contributed by atoms with Crippen LogP contribution in [0.15, 0.2) is 24.3 Å². The van der Waals surface area contributed by atoms with E-state index < -0.39 is 0 Å². The maximum Gasteiger partial charge on any atom is 0.338 e. The number of ether oxygens (including phenoxy) is 1. The van der Waals surface area contributed by atoms with Gasteiger partial charge in [0.2, 0.25) is 0 Å². The monoisotopic (exact) mass is 295 g/mol. The van der Waals surface area contributed by atoms with Gasteiger partial charge < -0.3 is 9.64 Å². The predicted molar refractivity (Wildman–Crippen MR) is 81.2 cm³/mol. The Bertz CT molecular complexity index is 433. The lowest BCUT2D eigenvalue weighted by Gasteiger charge is -2.33. The van der Waals surface area contributed by atoms with Crippen LogP contribution in [-0.4, -0.2) is 36.6 Å². The van der Waals surface area contributed by atoms with Crippen LogP contribution < -0.4 is 0 Å². The highest BCUT2D eigenvalue weighted by atomic mass is 35.5. The van der Waals surface area contributed by atoms with Crippen LogP contribution >= 0.6 is 11.6 Å². The minimum atomic E-state index is -0.270. The largest absolute Gasteiger partial charge is 0.462 e. The van der Waals surface area contributed by atoms with Gasteiger partial charge in [-0.15, -0.1) is 0 Å². The average Bonchev–Trinajstić information content (AvgIpc) is 2.46. The summed E-state index contributed by atoms with van der Waals surface area (Å²) in [5.41, 5.74) is 0.556. The topological polar surface area (TPSA) is 29.5 Å². The Balaban J connectivity index is 1.67. The maximum absolute atomic E-state index is 11.8. The lowest BCUT2D eigenvalue weighted by molar-refractivity contribution is 0.0475. The van der Waals surface area contributed by atoms with E-state index in [-0.39, 0.29) is 5.97 Å². The highest BCUT2D eigenvalue weighted by Crippen LogP contribution is 2.16. The van der Waals surface area contributed by atoms with Gasteiger partial charge in [0, 0.05) is 17.6 Å². The number of halogens is 1. The van der Waals surface area contributed by atoms with Crippen molar-refractivity contribution in [2.24, 2.45) is 0 Å². The van der Waals surface area contributed by atoms with Crippen LogP contribution in [0.2, 0.25) is 5.02 Å². The SMILES string of the molecule is CC1CCCCN1CCCOC(=O)c1ccc(Cl)cc1. The van der Waals surface area contributed by atoms with E-state index >= 15 is 0 Å². The first kappa shape index (κ1) is 15.3. The van der Waals surface area contributed by atoms with Crippen LogP contribution in [0.1, 0.15) is 43.0 Å². The zero-order valence-corrected chi connectivity index (χ0v) is 12.7. The highest BCUT2D eigenvalue weighted by Gasteiger charge is 2.17. The molecule has 1 saturated heterocycles. The highest BCUT2D eigenvalue weighted by molar-refractivity contribution is 6.30. The van der Waals surface area contributed by atoms with Crippen molar-refractivity contribution in [3.63, 3.8) is 0 Å². The molecule has 0 saturated carbocycles. The van der Waals surface area contributed by atoms with Crippen molar-refractivity contribution in [1.29, 1.82) is 0 Å². The minimum Gasteiger partial charge on any atom is -0.462 e. The quantitative estimate of drug-likeness (QED) is 0.612. The van der Waals surface area contributed by atoms with E-state index in [0.29, 0.717) is 23.2 Å². The Morgan fingerprint density at radius 2 is 2.10 bits per heavy atom. The zero-order valence-electron chi connectivity index (χ0n) is 12.0. The number of benzene rings is 1. The van der Waals surface area contributed by atoms with Crippen molar-refractivity contribution in [2.45, 2.75) is 38.6 Å². The van der Waals surface area contributed by atoms with Crippen molar-refractivity contribution >= 4 is 17.6 Å². The van der Waals surface area contributed by atoms with E-state index in [1.807, 2.05) is 0 Å². The number of esters is 1. The first-order valence-corrected chi connectivity index (χ1v) is 7.71. The number of nitrogens with zero attached hydrogens (tertiary/aromatic N) is 1. The Labute approximate surface area is 125 Å². The van der Waals surface area contributed by atoms with Crippen LogP contribution in [0.5, 0.6) is 0 Å². The molecule has 1 fully saturated rings. The van der Waals surface area contributed by atoms with Gasteiger partial charge in [-0.05, 0) is 57.0 Å². The summed E-state index contributed by atoms with van der Waals surface area (Å²) in [6.07, 6.45) is 4.80. The molecule has 0 N–H and O–H groups in total. The summed E-state index contributed by atoms with van der Waals surface area (Å²) >= 11 is 5.79. The maximum atomic E-state index is 11.8. The minimum absolute atomic E-state index is 0.270. The third-order valence-electron chi connectivity index (χ3n) is 3.84. The summed E-state index contributed by atoms with van der Waals surface area (Å²) in [6, 6.07) is 7.45. The molecule has 1 aromatic rings. The summed E-state index contributed by atoms with van der Waals surface area (Å²) in [4.78, 5) is 14.3. The molecule has 20 heavy (non-hydrogen) atoms. The summed E-state index contributed by atoms with van der Waals surface area (Å²) in [6.45, 7) is 4.94. The number of rotatable bonds is 5. The normalized spacial score (nSPS) is 19.8. The number of carbonyl (C=O) groups is 1. The van der Waals surface area contributed by atoms with E-state index in [2.05, 4.69) is 11.8 Å². The molecule has 0 aromatic heterocycles. The summed E-state index contributed by atoms with van der Waals surface area (Å²) < 4.78 is 5.29. The van der Waals surface area contributed by atoms with Crippen LogP contribution in [0.4, 0.5) is 0 Å². The lowest BCUT2D eigenvalue weighted by atomic mass is 10.0. The molecule has 1 unspecified atom stereocenters. The molecule has 0 aliphatic carbocycles. The number of hydrogen-bond donors (Lipinski definition) is 0. The second kappa shape index (κ2) is 7.65. The molecule has 1 heterocycles. The van der Waals surface area contributed by atoms with Gasteiger partial charge in [0.25, 0.3) is 0 Å². The zero-order chi connectivity index (χ0) is 14.4. The van der Waals surface area contributed by atoms with Crippen LogP contribution in [0.3, 0.4) is 0 Å². The predicted octanol–water partition coefficient (Wildman–Crippen LogP) is 3.76. The summed E-state index contributed by atoms with van der Waals surface area (Å²) in [7, 11) is 0. The fourth-order valence-corrected chi connectivity index (χ4v) is 2.72. The van der Waals surface area contributed by atoms with Crippen LogP contribution in [-0.2, 0) is 4.74 Å². The van der Waals surface area contributed by atoms with Gasteiger partial charge >= 0.3 is 5.97 Å². The average molecular weight is 296 g/mol. The van der Waals surface area contributed by atoms with E-state index in [1.54, 1.807) is 24.3 Å². The molecule has 4 heteroatoms. The second-order valence-electron chi connectivity index (χ2n) is 5.38. The number of likely N-dealkylation sites (tertiary alicyclic amines) is 1. The van der Waals surface area contributed by atoms with Crippen molar-refractivity contribution in [2.75, 3.05) is 19.7 Å². The molecule has 0 amide bonds. The van der Waals surface area contributed by atoms with Gasteiger partial charge in [0.15, 0.2) is 0 Å². The van der Waals surface area contributed by atoms with Crippen molar-refractivity contribution < 1.29 is 9.53 Å². The van der Waals surface area contributed by atoms with E-state index in [1.165, 1.54) is 25.8 Å². The second-order valence-corrected chi connectivity index (χ2v) is 5.81. The third-order valence-corrected chi connectivity index (χ3v) is 4.10. The van der Waals surface area contributed by atoms with Crippen molar-refractivity contribution in [3.05, 3.63) is 34.9 Å².